The maximum absolute atomic E-state index is 12.0. The van der Waals surface area contributed by atoms with E-state index in [9.17, 15) is 9.90 Å². The molecule has 0 spiro atoms. The van der Waals surface area contributed by atoms with Gasteiger partial charge < -0.3 is 5.11 Å². The Morgan fingerprint density at radius 3 is 2.81 bits per heavy atom. The Balaban J connectivity index is 3.40. The quantitative estimate of drug-likeness (QED) is 0.522. The van der Waals surface area contributed by atoms with E-state index in [0.717, 1.165) is 3.70 Å². The van der Waals surface area contributed by atoms with Crippen LogP contribution in [-0.2, 0) is 6.54 Å². The lowest BCUT2D eigenvalue weighted by molar-refractivity contribution is 0.172. The molecule has 0 aliphatic heterocycles. The van der Waals surface area contributed by atoms with Crippen molar-refractivity contribution in [2.75, 3.05) is 0 Å². The number of aromatic nitrogens is 1. The maximum atomic E-state index is 12.0. The third kappa shape index (κ3) is 2.47. The monoisotopic (exact) mass is 331 g/mol. The fourth-order valence-corrected chi connectivity index (χ4v) is 2.27. The molecule has 0 amide bonds. The van der Waals surface area contributed by atoms with E-state index in [2.05, 4.69) is 28.5 Å². The van der Waals surface area contributed by atoms with Crippen LogP contribution >= 0.6 is 22.6 Å². The summed E-state index contributed by atoms with van der Waals surface area (Å²) in [5, 5.41) is 9.79. The zero-order valence-corrected chi connectivity index (χ0v) is 11.5. The van der Waals surface area contributed by atoms with Gasteiger partial charge in [0.25, 0.3) is 5.56 Å². The molecule has 16 heavy (non-hydrogen) atoms. The third-order valence-corrected chi connectivity index (χ3v) is 3.42. The zero-order chi connectivity index (χ0) is 12.3. The molecular weight excluding hydrogens is 317 g/mol. The molecule has 1 aromatic rings. The van der Waals surface area contributed by atoms with E-state index in [0.29, 0.717) is 17.5 Å². The minimum Gasteiger partial charge on any atom is -0.388 e. The second-order valence-electron chi connectivity index (χ2n) is 3.57. The van der Waals surface area contributed by atoms with Crippen LogP contribution in [0.15, 0.2) is 10.9 Å². The van der Waals surface area contributed by atoms with Crippen LogP contribution in [0.4, 0.5) is 0 Å². The number of aliphatic hydroxyl groups excluding tert-OH is 1. The van der Waals surface area contributed by atoms with E-state index in [1.54, 1.807) is 6.92 Å². The van der Waals surface area contributed by atoms with Crippen LogP contribution < -0.4 is 5.56 Å². The normalized spacial score (nSPS) is 12.2. The Morgan fingerprint density at radius 1 is 1.69 bits per heavy atom. The molecule has 1 N–H and O–H groups in total. The highest BCUT2D eigenvalue weighted by molar-refractivity contribution is 14.1. The van der Waals surface area contributed by atoms with Gasteiger partial charge in [-0.05, 0) is 47.6 Å². The summed E-state index contributed by atoms with van der Waals surface area (Å²) in [7, 11) is 0. The van der Waals surface area contributed by atoms with Gasteiger partial charge >= 0.3 is 0 Å². The maximum Gasteiger partial charge on any atom is 0.255 e. The minimum absolute atomic E-state index is 0.118. The molecule has 1 rings (SSSR count). The van der Waals surface area contributed by atoms with Gasteiger partial charge in [0.15, 0.2) is 0 Å². The molecular formula is C12H14INO2. The molecule has 0 aliphatic rings. The highest BCUT2D eigenvalue weighted by Crippen LogP contribution is 2.20. The Morgan fingerprint density at radius 2 is 2.31 bits per heavy atom. The number of aliphatic hydroxyl groups is 1. The lowest BCUT2D eigenvalue weighted by atomic mass is 10.0. The highest BCUT2D eigenvalue weighted by atomic mass is 127. The smallest absolute Gasteiger partial charge is 0.255 e. The van der Waals surface area contributed by atoms with Crippen LogP contribution in [0.5, 0.6) is 0 Å². The van der Waals surface area contributed by atoms with Gasteiger partial charge in [-0.15, -0.1) is 6.42 Å². The summed E-state index contributed by atoms with van der Waals surface area (Å²) in [6.07, 6.45) is 5.22. The molecule has 1 unspecified atom stereocenters. The molecule has 1 aromatic heterocycles. The van der Waals surface area contributed by atoms with E-state index >= 15 is 0 Å². The van der Waals surface area contributed by atoms with Gasteiger partial charge in [-0.2, -0.15) is 0 Å². The van der Waals surface area contributed by atoms with Gasteiger partial charge in [-0.25, -0.2) is 0 Å². The molecule has 0 bridgehead atoms. The first-order valence-corrected chi connectivity index (χ1v) is 6.12. The van der Waals surface area contributed by atoms with E-state index in [1.165, 1.54) is 4.57 Å². The standard InChI is InChI=1S/C12H14INO2/c1-4-6-14-11(13)7-9(10(15)5-2)8(3)12(14)16/h1,7,10,15H,5-6H2,2-3H3. The van der Waals surface area contributed by atoms with Gasteiger partial charge in [-0.3, -0.25) is 9.36 Å². The molecule has 0 fully saturated rings. The third-order valence-electron chi connectivity index (χ3n) is 2.53. The summed E-state index contributed by atoms with van der Waals surface area (Å²) in [6.45, 7) is 3.87. The Kier molecular flexibility index (Phi) is 4.56. The van der Waals surface area contributed by atoms with Gasteiger partial charge in [0.1, 0.15) is 0 Å². The average molecular weight is 331 g/mol. The van der Waals surface area contributed by atoms with Crippen molar-refractivity contribution >= 4 is 22.6 Å². The Hall–Kier alpha value is -0.800. The van der Waals surface area contributed by atoms with Crippen molar-refractivity contribution in [3.05, 3.63) is 31.2 Å². The number of hydrogen-bond acceptors (Lipinski definition) is 2. The second kappa shape index (κ2) is 5.51. The highest BCUT2D eigenvalue weighted by Gasteiger charge is 2.14. The van der Waals surface area contributed by atoms with Gasteiger partial charge in [0.2, 0.25) is 0 Å². The SMILES string of the molecule is C#CCn1c(I)cc(C(O)CC)c(C)c1=O. The first kappa shape index (κ1) is 13.3. The van der Waals surface area contributed by atoms with Gasteiger partial charge in [0, 0.05) is 5.56 Å². The molecule has 0 aliphatic carbocycles. The van der Waals surface area contributed by atoms with E-state index in [4.69, 9.17) is 6.42 Å². The fraction of sp³-hybridized carbons (Fsp3) is 0.417. The number of hydrogen-bond donors (Lipinski definition) is 1. The predicted molar refractivity (Wildman–Crippen MR) is 72.2 cm³/mol. The first-order valence-electron chi connectivity index (χ1n) is 5.04. The summed E-state index contributed by atoms with van der Waals surface area (Å²) < 4.78 is 2.29. The fourth-order valence-electron chi connectivity index (χ4n) is 1.54. The zero-order valence-electron chi connectivity index (χ0n) is 9.33. The molecule has 3 nitrogen and oxygen atoms in total. The van der Waals surface area contributed by atoms with Crippen LogP contribution in [0.3, 0.4) is 0 Å². The number of halogens is 1. The molecule has 86 valence electrons. The van der Waals surface area contributed by atoms with Crippen molar-refractivity contribution in [3.8, 4) is 12.3 Å². The molecule has 1 heterocycles. The van der Waals surface area contributed by atoms with Crippen LogP contribution in [0.2, 0.25) is 0 Å². The molecule has 1 atom stereocenters. The summed E-state index contributed by atoms with van der Waals surface area (Å²) in [5.41, 5.74) is 1.16. The number of rotatable bonds is 3. The molecule has 4 heteroatoms. The topological polar surface area (TPSA) is 42.2 Å². The van der Waals surface area contributed by atoms with Crippen molar-refractivity contribution < 1.29 is 5.11 Å². The summed E-state index contributed by atoms with van der Waals surface area (Å²) in [4.78, 5) is 12.0. The number of terminal acetylenes is 1. The van der Waals surface area contributed by atoms with E-state index < -0.39 is 6.10 Å². The van der Waals surface area contributed by atoms with E-state index in [-0.39, 0.29) is 12.1 Å². The second-order valence-corrected chi connectivity index (χ2v) is 4.67. The van der Waals surface area contributed by atoms with Gasteiger partial charge in [0.05, 0.1) is 16.3 Å². The molecule has 0 saturated carbocycles. The van der Waals surface area contributed by atoms with E-state index in [1.807, 2.05) is 13.0 Å². The largest absolute Gasteiger partial charge is 0.388 e. The number of nitrogens with zero attached hydrogens (tertiary/aromatic N) is 1. The van der Waals surface area contributed by atoms with Crippen LogP contribution in [0.1, 0.15) is 30.6 Å². The van der Waals surface area contributed by atoms with Gasteiger partial charge in [-0.1, -0.05) is 12.8 Å². The van der Waals surface area contributed by atoms with Crippen molar-refractivity contribution in [1.82, 2.24) is 4.57 Å². The van der Waals surface area contributed by atoms with Crippen LogP contribution in [0.25, 0.3) is 0 Å². The number of pyridine rings is 1. The van der Waals surface area contributed by atoms with Crippen molar-refractivity contribution in [3.63, 3.8) is 0 Å². The van der Waals surface area contributed by atoms with Crippen molar-refractivity contribution in [1.29, 1.82) is 0 Å². The van der Waals surface area contributed by atoms with Crippen LogP contribution in [-0.4, -0.2) is 9.67 Å². The first-order chi connectivity index (χ1) is 7.52. The molecule has 0 saturated heterocycles. The Labute approximate surface area is 109 Å². The summed E-state index contributed by atoms with van der Waals surface area (Å²) in [5.74, 6) is 2.45. The Bertz CT molecular complexity index is 485. The van der Waals surface area contributed by atoms with Crippen LogP contribution in [0, 0.1) is 23.0 Å². The van der Waals surface area contributed by atoms with Crippen molar-refractivity contribution in [2.45, 2.75) is 32.9 Å². The lowest BCUT2D eigenvalue weighted by Gasteiger charge is -2.14. The lowest BCUT2D eigenvalue weighted by Crippen LogP contribution is -2.26. The van der Waals surface area contributed by atoms with Crippen molar-refractivity contribution in [2.24, 2.45) is 0 Å². The molecule has 0 aromatic carbocycles. The average Bonchev–Trinajstić information content (AvgIpc) is 2.28. The predicted octanol–water partition coefficient (Wildman–Crippen LogP) is 1.84. The summed E-state index contributed by atoms with van der Waals surface area (Å²) in [6, 6.07) is 1.82. The molecule has 0 radical (unpaired) electrons. The minimum atomic E-state index is -0.582. The summed E-state index contributed by atoms with van der Waals surface area (Å²) >= 11 is 2.06.